The van der Waals surface area contributed by atoms with Gasteiger partial charge in [-0.25, -0.2) is 0 Å². The maximum atomic E-state index is 6.15. The number of hydrogen-bond acceptors (Lipinski definition) is 2. The molecule has 21 heavy (non-hydrogen) atoms. The zero-order chi connectivity index (χ0) is 15.1. The van der Waals surface area contributed by atoms with Crippen molar-refractivity contribution < 1.29 is 4.74 Å². The van der Waals surface area contributed by atoms with Crippen molar-refractivity contribution in [1.82, 2.24) is 5.32 Å². The molecule has 2 rings (SSSR count). The predicted molar refractivity (Wildman–Crippen MR) is 88.0 cm³/mol. The number of guanidine groups is 1. The number of nitrogens with two attached hydrogens (primary N) is 1. The Morgan fingerprint density at radius 3 is 2.86 bits per heavy atom. The van der Waals surface area contributed by atoms with E-state index < -0.39 is 0 Å². The zero-order valence-corrected chi connectivity index (χ0v) is 13.3. The van der Waals surface area contributed by atoms with Crippen molar-refractivity contribution >= 4 is 17.6 Å². The molecule has 0 amide bonds. The summed E-state index contributed by atoms with van der Waals surface area (Å²) >= 11 is 6.15. The van der Waals surface area contributed by atoms with E-state index in [4.69, 9.17) is 22.1 Å². The third-order valence-electron chi connectivity index (χ3n) is 4.00. The summed E-state index contributed by atoms with van der Waals surface area (Å²) in [4.78, 5) is 4.55. The second kappa shape index (κ2) is 7.66. The van der Waals surface area contributed by atoms with Crippen LogP contribution >= 0.6 is 11.6 Å². The molecule has 0 aromatic heterocycles. The Labute approximate surface area is 131 Å². The van der Waals surface area contributed by atoms with Gasteiger partial charge in [-0.3, -0.25) is 4.99 Å². The number of halogens is 1. The van der Waals surface area contributed by atoms with Gasteiger partial charge in [0.2, 0.25) is 0 Å². The Hall–Kier alpha value is -1.26. The van der Waals surface area contributed by atoms with Gasteiger partial charge >= 0.3 is 0 Å². The Kier molecular flexibility index (Phi) is 5.88. The van der Waals surface area contributed by atoms with Gasteiger partial charge in [0.25, 0.3) is 0 Å². The molecular formula is C16H24ClN3O. The summed E-state index contributed by atoms with van der Waals surface area (Å²) in [6.45, 7) is 5.13. The molecule has 1 saturated heterocycles. The van der Waals surface area contributed by atoms with Crippen LogP contribution in [0.3, 0.4) is 0 Å². The lowest BCUT2D eigenvalue weighted by molar-refractivity contribution is 0.0531. The lowest BCUT2D eigenvalue weighted by Crippen LogP contribution is -2.39. The van der Waals surface area contributed by atoms with Crippen molar-refractivity contribution in [3.05, 3.63) is 34.9 Å². The van der Waals surface area contributed by atoms with Gasteiger partial charge < -0.3 is 15.8 Å². The highest BCUT2D eigenvalue weighted by atomic mass is 35.5. The van der Waals surface area contributed by atoms with Crippen LogP contribution in [-0.4, -0.2) is 32.3 Å². The smallest absolute Gasteiger partial charge is 0.188 e. The van der Waals surface area contributed by atoms with Crippen LogP contribution in [0.4, 0.5) is 0 Å². The summed E-state index contributed by atoms with van der Waals surface area (Å²) in [5.41, 5.74) is 7.13. The monoisotopic (exact) mass is 309 g/mol. The lowest BCUT2D eigenvalue weighted by atomic mass is 9.74. The minimum atomic E-state index is -0.0261. The number of hydrogen-bond donors (Lipinski definition) is 2. The third-order valence-corrected chi connectivity index (χ3v) is 4.23. The molecule has 0 spiro atoms. The number of ether oxygens (including phenoxy) is 1. The quantitative estimate of drug-likeness (QED) is 0.649. The van der Waals surface area contributed by atoms with Crippen LogP contribution in [0, 0.1) is 0 Å². The minimum Gasteiger partial charge on any atom is -0.381 e. The number of benzene rings is 1. The first-order valence-corrected chi connectivity index (χ1v) is 7.92. The van der Waals surface area contributed by atoms with Crippen molar-refractivity contribution in [3.63, 3.8) is 0 Å². The van der Waals surface area contributed by atoms with Gasteiger partial charge in [0.1, 0.15) is 0 Å². The van der Waals surface area contributed by atoms with E-state index in [0.29, 0.717) is 12.5 Å². The van der Waals surface area contributed by atoms with Crippen LogP contribution in [0.25, 0.3) is 0 Å². The van der Waals surface area contributed by atoms with Gasteiger partial charge in [0, 0.05) is 30.2 Å². The molecule has 0 saturated carbocycles. The average Bonchev–Trinajstić information content (AvgIpc) is 2.52. The maximum Gasteiger partial charge on any atom is 0.188 e. The number of rotatable bonds is 5. The molecule has 0 bridgehead atoms. The molecule has 5 heteroatoms. The average molecular weight is 310 g/mol. The molecule has 1 fully saturated rings. The van der Waals surface area contributed by atoms with Gasteiger partial charge in [-0.15, -0.1) is 0 Å². The van der Waals surface area contributed by atoms with Crippen LogP contribution in [0.15, 0.2) is 29.3 Å². The van der Waals surface area contributed by atoms with Gasteiger partial charge in [-0.1, -0.05) is 30.7 Å². The van der Waals surface area contributed by atoms with Gasteiger partial charge in [0.15, 0.2) is 5.96 Å². The fraction of sp³-hybridized carbons (Fsp3) is 0.562. The SMILES string of the molecule is CCCNC(N)=NCC1(c2cccc(Cl)c2)CCOCC1. The maximum absolute atomic E-state index is 6.15. The van der Waals surface area contributed by atoms with Crippen LogP contribution < -0.4 is 11.1 Å². The van der Waals surface area contributed by atoms with Crippen LogP contribution in [0.1, 0.15) is 31.7 Å². The van der Waals surface area contributed by atoms with E-state index in [-0.39, 0.29) is 5.41 Å². The van der Waals surface area contributed by atoms with E-state index in [9.17, 15) is 0 Å². The van der Waals surface area contributed by atoms with Crippen molar-refractivity contribution in [2.75, 3.05) is 26.3 Å². The highest BCUT2D eigenvalue weighted by molar-refractivity contribution is 6.30. The van der Waals surface area contributed by atoms with Crippen molar-refractivity contribution in [3.8, 4) is 0 Å². The van der Waals surface area contributed by atoms with Crippen molar-refractivity contribution in [1.29, 1.82) is 0 Å². The fourth-order valence-corrected chi connectivity index (χ4v) is 2.85. The Bertz CT molecular complexity index is 484. The summed E-state index contributed by atoms with van der Waals surface area (Å²) in [6, 6.07) is 8.07. The Balaban J connectivity index is 2.17. The predicted octanol–water partition coefficient (Wildman–Crippen LogP) is 2.70. The summed E-state index contributed by atoms with van der Waals surface area (Å²) in [6.07, 6.45) is 2.92. The van der Waals surface area contributed by atoms with Crippen molar-refractivity contribution in [2.24, 2.45) is 10.7 Å². The van der Waals surface area contributed by atoms with E-state index in [0.717, 1.165) is 44.0 Å². The molecule has 1 heterocycles. The topological polar surface area (TPSA) is 59.6 Å². The summed E-state index contributed by atoms with van der Waals surface area (Å²) in [5, 5.41) is 3.89. The van der Waals surface area contributed by atoms with E-state index in [1.165, 1.54) is 5.56 Å². The fourth-order valence-electron chi connectivity index (χ4n) is 2.66. The zero-order valence-electron chi connectivity index (χ0n) is 12.6. The molecule has 0 atom stereocenters. The van der Waals surface area contributed by atoms with Crippen LogP contribution in [0.5, 0.6) is 0 Å². The van der Waals surface area contributed by atoms with Gasteiger partial charge in [-0.05, 0) is 37.0 Å². The molecule has 0 unspecified atom stereocenters. The van der Waals surface area contributed by atoms with Gasteiger partial charge in [0.05, 0.1) is 6.54 Å². The molecule has 0 aliphatic carbocycles. The summed E-state index contributed by atoms with van der Waals surface area (Å²) in [5.74, 6) is 0.518. The molecular weight excluding hydrogens is 286 g/mol. The van der Waals surface area contributed by atoms with Crippen LogP contribution in [-0.2, 0) is 10.2 Å². The molecule has 1 aliphatic heterocycles. The third kappa shape index (κ3) is 4.35. The second-order valence-corrected chi connectivity index (χ2v) is 5.97. The standard InChI is InChI=1S/C16H24ClN3O/c1-2-8-19-15(18)20-12-16(6-9-21-10-7-16)13-4-3-5-14(17)11-13/h3-5,11H,2,6-10,12H2,1H3,(H3,18,19,20). The highest BCUT2D eigenvalue weighted by Gasteiger charge is 2.34. The first-order chi connectivity index (χ1) is 10.2. The summed E-state index contributed by atoms with van der Waals surface area (Å²) in [7, 11) is 0. The van der Waals surface area contributed by atoms with Crippen LogP contribution in [0.2, 0.25) is 5.02 Å². The van der Waals surface area contributed by atoms with E-state index in [1.807, 2.05) is 18.2 Å². The van der Waals surface area contributed by atoms with E-state index >= 15 is 0 Å². The molecule has 116 valence electrons. The minimum absolute atomic E-state index is 0.0261. The first-order valence-electron chi connectivity index (χ1n) is 7.54. The summed E-state index contributed by atoms with van der Waals surface area (Å²) < 4.78 is 5.52. The normalized spacial score (nSPS) is 18.5. The van der Waals surface area contributed by atoms with E-state index in [2.05, 4.69) is 23.3 Å². The van der Waals surface area contributed by atoms with Crippen molar-refractivity contribution in [2.45, 2.75) is 31.6 Å². The first kappa shape index (κ1) is 16.1. The van der Waals surface area contributed by atoms with Gasteiger partial charge in [-0.2, -0.15) is 0 Å². The molecule has 3 N–H and O–H groups in total. The molecule has 1 aromatic rings. The second-order valence-electron chi connectivity index (χ2n) is 5.53. The Morgan fingerprint density at radius 1 is 1.43 bits per heavy atom. The molecule has 4 nitrogen and oxygen atoms in total. The molecule has 1 aliphatic rings. The lowest BCUT2D eigenvalue weighted by Gasteiger charge is -2.36. The Morgan fingerprint density at radius 2 is 2.19 bits per heavy atom. The largest absolute Gasteiger partial charge is 0.381 e. The van der Waals surface area contributed by atoms with E-state index in [1.54, 1.807) is 0 Å². The molecule has 1 aromatic carbocycles. The number of nitrogens with zero attached hydrogens (tertiary/aromatic N) is 1. The number of aliphatic imine (C=N–C) groups is 1. The number of nitrogens with one attached hydrogen (secondary N) is 1. The highest BCUT2D eigenvalue weighted by Crippen LogP contribution is 2.36. The molecule has 0 radical (unpaired) electrons.